The molecule has 3 heterocycles. The van der Waals surface area contributed by atoms with E-state index >= 15 is 0 Å². The van der Waals surface area contributed by atoms with E-state index in [1.54, 1.807) is 16.7 Å². The van der Waals surface area contributed by atoms with E-state index in [4.69, 9.17) is 0 Å². The molecule has 3 aliphatic carbocycles. The summed E-state index contributed by atoms with van der Waals surface area (Å²) in [5.74, 6) is 1.95. The number of pyridine rings is 1. The molecule has 2 bridgehead atoms. The van der Waals surface area contributed by atoms with Crippen molar-refractivity contribution in [1.29, 1.82) is 0 Å². The molecule has 2 aromatic rings. The zero-order chi connectivity index (χ0) is 21.8. The predicted molar refractivity (Wildman–Crippen MR) is 119 cm³/mol. The highest BCUT2D eigenvalue weighted by Gasteiger charge is 2.53. The minimum absolute atomic E-state index is 0.0759. The molecule has 1 aliphatic heterocycles. The number of carbonyl (C=O) groups is 2. The van der Waals surface area contributed by atoms with E-state index < -0.39 is 0 Å². The van der Waals surface area contributed by atoms with E-state index in [9.17, 15) is 9.59 Å². The minimum atomic E-state index is -0.100. The number of nitrogens with one attached hydrogen (secondary N) is 2. The smallest absolute Gasteiger partial charge is 0.274 e. The second kappa shape index (κ2) is 7.62. The van der Waals surface area contributed by atoms with Gasteiger partial charge in [0.15, 0.2) is 0 Å². The van der Waals surface area contributed by atoms with E-state index in [-0.39, 0.29) is 17.9 Å². The Labute approximate surface area is 183 Å². The molecule has 7 heteroatoms. The number of rotatable bonds is 4. The lowest BCUT2D eigenvalue weighted by Gasteiger charge is -2.60. The van der Waals surface area contributed by atoms with Crippen LogP contribution in [0.15, 0.2) is 24.4 Å². The Morgan fingerprint density at radius 1 is 1.29 bits per heavy atom. The van der Waals surface area contributed by atoms with Crippen LogP contribution < -0.4 is 10.6 Å². The molecule has 0 aromatic carbocycles. The number of imidazole rings is 1. The van der Waals surface area contributed by atoms with Gasteiger partial charge in [0.2, 0.25) is 0 Å². The van der Waals surface area contributed by atoms with Crippen molar-refractivity contribution in [3.05, 3.63) is 35.8 Å². The van der Waals surface area contributed by atoms with Gasteiger partial charge in [0.1, 0.15) is 17.0 Å². The van der Waals surface area contributed by atoms with Gasteiger partial charge < -0.3 is 15.5 Å². The highest BCUT2D eigenvalue weighted by Crippen LogP contribution is 2.61. The van der Waals surface area contributed by atoms with E-state index in [1.165, 1.54) is 19.3 Å². The summed E-state index contributed by atoms with van der Waals surface area (Å²) in [6.45, 7) is 9.75. The third kappa shape index (κ3) is 3.43. The first-order chi connectivity index (χ1) is 14.9. The lowest BCUT2D eigenvalue weighted by atomic mass is 9.45. The molecule has 166 valence electrons. The van der Waals surface area contributed by atoms with Gasteiger partial charge in [-0.3, -0.25) is 14.0 Å². The number of hydrogen-bond acceptors (Lipinski definition) is 4. The topological polar surface area (TPSA) is 78.7 Å². The Morgan fingerprint density at radius 3 is 2.87 bits per heavy atom. The number of aromatic nitrogens is 2. The highest BCUT2D eigenvalue weighted by atomic mass is 16.2. The molecule has 6 rings (SSSR count). The summed E-state index contributed by atoms with van der Waals surface area (Å²) in [7, 11) is 0. The monoisotopic (exact) mass is 423 g/mol. The van der Waals surface area contributed by atoms with E-state index in [2.05, 4.69) is 29.5 Å². The van der Waals surface area contributed by atoms with Crippen molar-refractivity contribution in [3.63, 3.8) is 0 Å². The molecular formula is C24H33N5O2. The van der Waals surface area contributed by atoms with Gasteiger partial charge >= 0.3 is 0 Å². The lowest BCUT2D eigenvalue weighted by Crippen LogP contribution is -2.54. The second-order valence-corrected chi connectivity index (χ2v) is 10.2. The third-order valence-corrected chi connectivity index (χ3v) is 8.23. The molecule has 2 amide bonds. The standard InChI is InChI=1S/C24H33N5O2/c1-15-12-25-9-10-28(15)23(31)19-14-29-20(5-4-6-21(29)27-19)22(30)26-13-16-7-8-17-11-18(16)24(17,2)3/h4-6,14-18,25H,7-13H2,1-3H3,(H,26,30)/t15-,16+,17+,18+/m1/s1. The van der Waals surface area contributed by atoms with Crippen molar-refractivity contribution in [2.75, 3.05) is 26.2 Å². The van der Waals surface area contributed by atoms with Crippen LogP contribution in [0.25, 0.3) is 5.65 Å². The number of nitrogens with zero attached hydrogens (tertiary/aromatic N) is 3. The largest absolute Gasteiger partial charge is 0.350 e. The van der Waals surface area contributed by atoms with E-state index in [0.29, 0.717) is 40.8 Å². The van der Waals surface area contributed by atoms with Gasteiger partial charge in [-0.25, -0.2) is 4.98 Å². The average Bonchev–Trinajstić information content (AvgIpc) is 3.21. The summed E-state index contributed by atoms with van der Waals surface area (Å²) < 4.78 is 1.75. The van der Waals surface area contributed by atoms with Gasteiger partial charge in [-0.2, -0.15) is 0 Å². The normalized spacial score (nSPS) is 29.5. The van der Waals surface area contributed by atoms with Gasteiger partial charge in [0.25, 0.3) is 11.8 Å². The van der Waals surface area contributed by atoms with Crippen molar-refractivity contribution < 1.29 is 9.59 Å². The summed E-state index contributed by atoms with van der Waals surface area (Å²) in [5, 5.41) is 6.47. The van der Waals surface area contributed by atoms with Crippen LogP contribution in [0.1, 0.15) is 61.0 Å². The van der Waals surface area contributed by atoms with Crippen LogP contribution in [-0.4, -0.2) is 58.3 Å². The van der Waals surface area contributed by atoms with Crippen LogP contribution in [0.4, 0.5) is 0 Å². The lowest BCUT2D eigenvalue weighted by molar-refractivity contribution is -0.103. The van der Waals surface area contributed by atoms with E-state index in [1.807, 2.05) is 24.0 Å². The molecule has 3 saturated carbocycles. The van der Waals surface area contributed by atoms with Crippen LogP contribution in [-0.2, 0) is 0 Å². The Bertz CT molecular complexity index is 1010. The van der Waals surface area contributed by atoms with Crippen LogP contribution in [0.5, 0.6) is 0 Å². The van der Waals surface area contributed by atoms with Crippen molar-refractivity contribution in [2.24, 2.45) is 23.2 Å². The first-order valence-corrected chi connectivity index (χ1v) is 11.6. The predicted octanol–water partition coefficient (Wildman–Crippen LogP) is 2.57. The molecule has 4 aliphatic rings. The summed E-state index contributed by atoms with van der Waals surface area (Å²) in [6.07, 6.45) is 5.50. The van der Waals surface area contributed by atoms with Crippen molar-refractivity contribution in [3.8, 4) is 0 Å². The maximum atomic E-state index is 13.1. The molecule has 0 radical (unpaired) electrons. The highest BCUT2D eigenvalue weighted by molar-refractivity contribution is 5.95. The second-order valence-electron chi connectivity index (χ2n) is 10.2. The number of piperazine rings is 1. The Morgan fingerprint density at radius 2 is 2.13 bits per heavy atom. The van der Waals surface area contributed by atoms with Gasteiger partial charge in [-0.1, -0.05) is 19.9 Å². The van der Waals surface area contributed by atoms with Crippen LogP contribution in [0, 0.1) is 23.2 Å². The number of fused-ring (bicyclic) bond motifs is 3. The van der Waals surface area contributed by atoms with Gasteiger partial charge in [-0.15, -0.1) is 0 Å². The fourth-order valence-corrected chi connectivity index (χ4v) is 6.11. The first-order valence-electron chi connectivity index (χ1n) is 11.6. The quantitative estimate of drug-likeness (QED) is 0.792. The maximum Gasteiger partial charge on any atom is 0.274 e. The molecule has 0 unspecified atom stereocenters. The molecule has 4 fully saturated rings. The Hall–Kier alpha value is -2.41. The average molecular weight is 424 g/mol. The fraction of sp³-hybridized carbons (Fsp3) is 0.625. The van der Waals surface area contributed by atoms with Crippen molar-refractivity contribution in [1.82, 2.24) is 24.9 Å². The molecule has 4 atom stereocenters. The molecular weight excluding hydrogens is 390 g/mol. The first kappa shape index (κ1) is 20.5. The summed E-state index contributed by atoms with van der Waals surface area (Å²) in [4.78, 5) is 32.4. The van der Waals surface area contributed by atoms with Crippen LogP contribution in [0.3, 0.4) is 0 Å². The minimum Gasteiger partial charge on any atom is -0.350 e. The Balaban J connectivity index is 1.32. The van der Waals surface area contributed by atoms with Gasteiger partial charge in [-0.05, 0) is 61.5 Å². The summed E-state index contributed by atoms with van der Waals surface area (Å²) >= 11 is 0. The van der Waals surface area contributed by atoms with E-state index in [0.717, 1.165) is 25.6 Å². The van der Waals surface area contributed by atoms with Crippen molar-refractivity contribution in [2.45, 2.75) is 46.1 Å². The molecule has 7 nitrogen and oxygen atoms in total. The number of carbonyl (C=O) groups excluding carboxylic acids is 2. The SMILES string of the molecule is C[C@@H]1CNCCN1C(=O)c1cn2c(C(=O)NC[C@@H]3CC[C@H]4C[C@@H]3C4(C)C)cccc2n1. The van der Waals surface area contributed by atoms with Gasteiger partial charge in [0, 0.05) is 38.4 Å². The Kier molecular flexibility index (Phi) is 5.04. The zero-order valence-electron chi connectivity index (χ0n) is 18.7. The zero-order valence-corrected chi connectivity index (χ0v) is 18.7. The molecule has 31 heavy (non-hydrogen) atoms. The van der Waals surface area contributed by atoms with Crippen LogP contribution >= 0.6 is 0 Å². The molecule has 2 N–H and O–H groups in total. The summed E-state index contributed by atoms with van der Waals surface area (Å²) in [5.41, 5.74) is 1.95. The molecule has 2 aromatic heterocycles. The van der Waals surface area contributed by atoms with Gasteiger partial charge in [0.05, 0.1) is 0 Å². The fourth-order valence-electron chi connectivity index (χ4n) is 6.11. The van der Waals surface area contributed by atoms with Crippen LogP contribution in [0.2, 0.25) is 0 Å². The third-order valence-electron chi connectivity index (χ3n) is 8.23. The molecule has 0 spiro atoms. The summed E-state index contributed by atoms with van der Waals surface area (Å²) in [6, 6.07) is 5.60. The molecule has 1 saturated heterocycles. The number of hydrogen-bond donors (Lipinski definition) is 2. The van der Waals surface area contributed by atoms with Crippen molar-refractivity contribution >= 4 is 17.5 Å². The maximum absolute atomic E-state index is 13.1. The number of amides is 2.